The largest absolute Gasteiger partial charge is 0.322 e. The van der Waals surface area contributed by atoms with E-state index in [9.17, 15) is 0 Å². The summed E-state index contributed by atoms with van der Waals surface area (Å²) < 4.78 is 2.18. The molecule has 2 N–H and O–H groups in total. The SMILES string of the molecule is Cc1ccc(C)n1NC1CCNC1. The first-order valence-corrected chi connectivity index (χ1v) is 4.89. The second-order valence-electron chi connectivity index (χ2n) is 3.77. The molecule has 1 fully saturated rings. The highest BCUT2D eigenvalue weighted by Crippen LogP contribution is 2.07. The van der Waals surface area contributed by atoms with E-state index in [1.807, 2.05) is 0 Å². The van der Waals surface area contributed by atoms with Gasteiger partial charge in [0.05, 0.1) is 6.04 Å². The van der Waals surface area contributed by atoms with Crippen molar-refractivity contribution in [3.05, 3.63) is 23.5 Å². The molecule has 13 heavy (non-hydrogen) atoms. The first-order chi connectivity index (χ1) is 6.27. The van der Waals surface area contributed by atoms with Crippen molar-refractivity contribution in [3.8, 4) is 0 Å². The van der Waals surface area contributed by atoms with Crippen molar-refractivity contribution in [2.75, 3.05) is 18.5 Å². The van der Waals surface area contributed by atoms with Crippen molar-refractivity contribution < 1.29 is 0 Å². The van der Waals surface area contributed by atoms with Crippen LogP contribution in [0.4, 0.5) is 0 Å². The van der Waals surface area contributed by atoms with Crippen LogP contribution in [-0.4, -0.2) is 23.8 Å². The Morgan fingerprint density at radius 3 is 2.62 bits per heavy atom. The highest BCUT2D eigenvalue weighted by atomic mass is 15.4. The third-order valence-electron chi connectivity index (χ3n) is 2.64. The smallest absolute Gasteiger partial charge is 0.0561 e. The minimum atomic E-state index is 0.588. The van der Waals surface area contributed by atoms with Gasteiger partial charge in [0.2, 0.25) is 0 Å². The fraction of sp³-hybridized carbons (Fsp3) is 0.600. The summed E-state index contributed by atoms with van der Waals surface area (Å²) in [4.78, 5) is 0. The summed E-state index contributed by atoms with van der Waals surface area (Å²) in [5.41, 5.74) is 6.08. The van der Waals surface area contributed by atoms with E-state index in [4.69, 9.17) is 0 Å². The van der Waals surface area contributed by atoms with Gasteiger partial charge in [0, 0.05) is 17.9 Å². The van der Waals surface area contributed by atoms with Gasteiger partial charge in [-0.05, 0) is 38.9 Å². The molecular weight excluding hydrogens is 162 g/mol. The Hall–Kier alpha value is -0.960. The Bertz CT molecular complexity index is 265. The van der Waals surface area contributed by atoms with Crippen LogP contribution in [-0.2, 0) is 0 Å². The molecule has 1 aliphatic rings. The Kier molecular flexibility index (Phi) is 2.27. The van der Waals surface area contributed by atoms with Crippen molar-refractivity contribution in [1.29, 1.82) is 0 Å². The molecule has 0 saturated carbocycles. The van der Waals surface area contributed by atoms with E-state index in [0.29, 0.717) is 6.04 Å². The zero-order valence-electron chi connectivity index (χ0n) is 8.30. The number of nitrogens with one attached hydrogen (secondary N) is 2. The van der Waals surface area contributed by atoms with Crippen LogP contribution in [0.25, 0.3) is 0 Å². The van der Waals surface area contributed by atoms with Crippen molar-refractivity contribution in [2.24, 2.45) is 0 Å². The van der Waals surface area contributed by atoms with E-state index in [1.165, 1.54) is 17.8 Å². The summed E-state index contributed by atoms with van der Waals surface area (Å²) in [5, 5.41) is 3.35. The van der Waals surface area contributed by atoms with E-state index < -0.39 is 0 Å². The van der Waals surface area contributed by atoms with Gasteiger partial charge in [0.1, 0.15) is 0 Å². The lowest BCUT2D eigenvalue weighted by Gasteiger charge is -2.17. The molecule has 0 spiro atoms. The lowest BCUT2D eigenvalue weighted by molar-refractivity contribution is 0.664. The third kappa shape index (κ3) is 1.70. The number of rotatable bonds is 2. The molecule has 0 amide bonds. The summed E-state index contributed by atoms with van der Waals surface area (Å²) >= 11 is 0. The summed E-state index contributed by atoms with van der Waals surface area (Å²) in [6.45, 7) is 6.47. The first-order valence-electron chi connectivity index (χ1n) is 4.89. The van der Waals surface area contributed by atoms with E-state index in [-0.39, 0.29) is 0 Å². The molecule has 0 bridgehead atoms. The standard InChI is InChI=1S/C10H17N3/c1-8-3-4-9(2)13(8)12-10-5-6-11-7-10/h3-4,10-12H,5-7H2,1-2H3. The maximum absolute atomic E-state index is 3.51. The molecule has 3 nitrogen and oxygen atoms in total. The molecule has 2 heterocycles. The van der Waals surface area contributed by atoms with Gasteiger partial charge in [-0.1, -0.05) is 0 Å². The number of aryl methyl sites for hydroxylation is 2. The van der Waals surface area contributed by atoms with Crippen LogP contribution in [0.5, 0.6) is 0 Å². The van der Waals surface area contributed by atoms with Gasteiger partial charge >= 0.3 is 0 Å². The molecule has 0 aromatic carbocycles. The first kappa shape index (κ1) is 8.63. The van der Waals surface area contributed by atoms with Crippen molar-refractivity contribution in [1.82, 2.24) is 9.99 Å². The fourth-order valence-electron chi connectivity index (χ4n) is 1.82. The van der Waals surface area contributed by atoms with Crippen molar-refractivity contribution in [3.63, 3.8) is 0 Å². The second-order valence-corrected chi connectivity index (χ2v) is 3.77. The molecule has 0 aliphatic carbocycles. The van der Waals surface area contributed by atoms with Gasteiger partial charge in [-0.2, -0.15) is 0 Å². The van der Waals surface area contributed by atoms with Crippen LogP contribution >= 0.6 is 0 Å². The van der Waals surface area contributed by atoms with Crippen LogP contribution in [0.1, 0.15) is 17.8 Å². The van der Waals surface area contributed by atoms with Crippen LogP contribution in [0.15, 0.2) is 12.1 Å². The zero-order chi connectivity index (χ0) is 9.26. The highest BCUT2D eigenvalue weighted by molar-refractivity contribution is 5.16. The number of hydrogen-bond donors (Lipinski definition) is 2. The number of aromatic nitrogens is 1. The van der Waals surface area contributed by atoms with Crippen molar-refractivity contribution in [2.45, 2.75) is 26.3 Å². The van der Waals surface area contributed by atoms with Gasteiger partial charge in [-0.15, -0.1) is 0 Å². The molecule has 1 atom stereocenters. The summed E-state index contributed by atoms with van der Waals surface area (Å²) in [5.74, 6) is 0. The molecule has 72 valence electrons. The molecule has 2 rings (SSSR count). The topological polar surface area (TPSA) is 29.0 Å². The monoisotopic (exact) mass is 179 g/mol. The molecule has 1 unspecified atom stereocenters. The number of nitrogens with zero attached hydrogens (tertiary/aromatic N) is 1. The van der Waals surface area contributed by atoms with Gasteiger partial charge in [-0.25, -0.2) is 0 Å². The molecule has 0 radical (unpaired) electrons. The average Bonchev–Trinajstić information content (AvgIpc) is 2.70. The maximum Gasteiger partial charge on any atom is 0.0561 e. The number of hydrogen-bond acceptors (Lipinski definition) is 2. The van der Waals surface area contributed by atoms with Crippen LogP contribution in [0, 0.1) is 13.8 Å². The minimum absolute atomic E-state index is 0.588. The normalized spacial score (nSPS) is 22.2. The Morgan fingerprint density at radius 1 is 1.38 bits per heavy atom. The lowest BCUT2D eigenvalue weighted by atomic mass is 10.3. The summed E-state index contributed by atoms with van der Waals surface area (Å²) in [6, 6.07) is 4.87. The maximum atomic E-state index is 3.51. The lowest BCUT2D eigenvalue weighted by Crippen LogP contribution is -2.30. The second kappa shape index (κ2) is 3.42. The third-order valence-corrected chi connectivity index (χ3v) is 2.64. The van der Waals surface area contributed by atoms with E-state index >= 15 is 0 Å². The molecular formula is C10H17N3. The predicted molar refractivity (Wildman–Crippen MR) is 54.5 cm³/mol. The van der Waals surface area contributed by atoms with Gasteiger partial charge in [0.25, 0.3) is 0 Å². The molecule has 1 saturated heterocycles. The van der Waals surface area contributed by atoms with Crippen molar-refractivity contribution >= 4 is 0 Å². The summed E-state index contributed by atoms with van der Waals surface area (Å²) in [7, 11) is 0. The van der Waals surface area contributed by atoms with Gasteiger partial charge in [0.15, 0.2) is 0 Å². The Labute approximate surface area is 79.1 Å². The Morgan fingerprint density at radius 2 is 2.08 bits per heavy atom. The van der Waals surface area contributed by atoms with Crippen LogP contribution < -0.4 is 10.7 Å². The molecule has 1 aromatic rings. The highest BCUT2D eigenvalue weighted by Gasteiger charge is 2.14. The Balaban J connectivity index is 2.07. The summed E-state index contributed by atoms with van der Waals surface area (Å²) in [6.07, 6.45) is 1.22. The molecule has 3 heteroatoms. The molecule has 1 aromatic heterocycles. The minimum Gasteiger partial charge on any atom is -0.322 e. The zero-order valence-corrected chi connectivity index (χ0v) is 8.30. The average molecular weight is 179 g/mol. The fourth-order valence-corrected chi connectivity index (χ4v) is 1.82. The van der Waals surface area contributed by atoms with Gasteiger partial charge in [-0.3, -0.25) is 4.68 Å². The van der Waals surface area contributed by atoms with E-state index in [0.717, 1.165) is 13.1 Å². The quantitative estimate of drug-likeness (QED) is 0.709. The predicted octanol–water partition coefficient (Wildman–Crippen LogP) is 1.01. The van der Waals surface area contributed by atoms with Gasteiger partial charge < -0.3 is 10.7 Å². The molecule has 1 aliphatic heterocycles. The van der Waals surface area contributed by atoms with E-state index in [2.05, 4.69) is 41.4 Å². The van der Waals surface area contributed by atoms with Crippen LogP contribution in [0.2, 0.25) is 0 Å². The van der Waals surface area contributed by atoms with E-state index in [1.54, 1.807) is 0 Å². The van der Waals surface area contributed by atoms with Crippen LogP contribution in [0.3, 0.4) is 0 Å².